The zero-order valence-corrected chi connectivity index (χ0v) is 20.2. The fourth-order valence-electron chi connectivity index (χ4n) is 3.95. The number of hydrogen-bond acceptors (Lipinski definition) is 4. The van der Waals surface area contributed by atoms with Gasteiger partial charge in [0.15, 0.2) is 0 Å². The number of sulfonamides is 1. The van der Waals surface area contributed by atoms with Crippen LogP contribution in [-0.4, -0.2) is 62.0 Å². The van der Waals surface area contributed by atoms with Crippen molar-refractivity contribution in [2.45, 2.75) is 32.7 Å². The van der Waals surface area contributed by atoms with Crippen LogP contribution in [-0.2, 0) is 14.8 Å². The van der Waals surface area contributed by atoms with Gasteiger partial charge in [0, 0.05) is 38.3 Å². The molecule has 9 heteroatoms. The lowest BCUT2D eigenvalue weighted by molar-refractivity contribution is -0.122. The van der Waals surface area contributed by atoms with Crippen molar-refractivity contribution in [1.29, 1.82) is 0 Å². The third-order valence-electron chi connectivity index (χ3n) is 5.89. The molecule has 0 radical (unpaired) electrons. The summed E-state index contributed by atoms with van der Waals surface area (Å²) in [5.74, 6) is -0.256. The number of amides is 3. The second kappa shape index (κ2) is 10.8. The summed E-state index contributed by atoms with van der Waals surface area (Å²) in [7, 11) is -3.59. The summed E-state index contributed by atoms with van der Waals surface area (Å²) < 4.78 is 26.7. The number of carbonyl (C=O) groups excluding carboxylic acids is 2. The van der Waals surface area contributed by atoms with E-state index in [0.29, 0.717) is 31.7 Å². The number of anilines is 1. The maximum absolute atomic E-state index is 12.9. The maximum Gasteiger partial charge on any atom is 0.321 e. The third-order valence-corrected chi connectivity index (χ3v) is 7.18. The van der Waals surface area contributed by atoms with Gasteiger partial charge in [0.1, 0.15) is 0 Å². The number of rotatable bonds is 3. The van der Waals surface area contributed by atoms with Gasteiger partial charge in [-0.25, -0.2) is 13.2 Å². The highest BCUT2D eigenvalue weighted by atomic mass is 32.2. The molecular formula is C24H32N4O4S. The molecule has 8 nitrogen and oxygen atoms in total. The van der Waals surface area contributed by atoms with Crippen molar-refractivity contribution >= 4 is 27.6 Å². The summed E-state index contributed by atoms with van der Waals surface area (Å²) in [5, 5.41) is 5.74. The minimum Gasteiger partial charge on any atom is -0.354 e. The molecule has 1 aliphatic heterocycles. The molecule has 178 valence electrons. The van der Waals surface area contributed by atoms with Crippen molar-refractivity contribution in [2.24, 2.45) is 0 Å². The highest BCUT2D eigenvalue weighted by Crippen LogP contribution is 2.27. The minimum atomic E-state index is -3.59. The fraction of sp³-hybridized carbons (Fsp3) is 0.417. The zero-order valence-electron chi connectivity index (χ0n) is 19.4. The number of hydrogen-bond donors (Lipinski definition) is 2. The first-order valence-electron chi connectivity index (χ1n) is 11.1. The van der Waals surface area contributed by atoms with Gasteiger partial charge in [-0.15, -0.1) is 0 Å². The molecule has 1 saturated heterocycles. The molecule has 0 aromatic heterocycles. The normalized spacial score (nSPS) is 18.8. The van der Waals surface area contributed by atoms with E-state index in [1.54, 1.807) is 4.90 Å². The molecular weight excluding hydrogens is 440 g/mol. The van der Waals surface area contributed by atoms with E-state index >= 15 is 0 Å². The predicted molar refractivity (Wildman–Crippen MR) is 129 cm³/mol. The number of aryl methyl sites for hydroxylation is 2. The van der Waals surface area contributed by atoms with Gasteiger partial charge in [0.25, 0.3) is 0 Å². The third kappa shape index (κ3) is 6.79. The first-order valence-corrected chi connectivity index (χ1v) is 12.9. The minimum absolute atomic E-state index is 0.0198. The van der Waals surface area contributed by atoms with Crippen LogP contribution in [0, 0.1) is 13.8 Å². The smallest absolute Gasteiger partial charge is 0.321 e. The van der Waals surface area contributed by atoms with E-state index in [-0.39, 0.29) is 24.9 Å². The first-order chi connectivity index (χ1) is 15.6. The second-order valence-corrected chi connectivity index (χ2v) is 10.4. The fourth-order valence-corrected chi connectivity index (χ4v) is 5.07. The van der Waals surface area contributed by atoms with E-state index in [1.165, 1.54) is 4.31 Å². The lowest BCUT2D eigenvalue weighted by Crippen LogP contribution is -2.41. The van der Waals surface area contributed by atoms with Gasteiger partial charge in [-0.3, -0.25) is 4.79 Å². The van der Waals surface area contributed by atoms with Gasteiger partial charge in [-0.2, -0.15) is 4.31 Å². The molecule has 2 N–H and O–H groups in total. The molecule has 1 heterocycles. The predicted octanol–water partition coefficient (Wildman–Crippen LogP) is 3.05. The van der Waals surface area contributed by atoms with Crippen LogP contribution in [0.2, 0.25) is 0 Å². The number of benzene rings is 2. The topological polar surface area (TPSA) is 98.8 Å². The Labute approximate surface area is 196 Å². The Balaban J connectivity index is 1.79. The Morgan fingerprint density at radius 1 is 1.03 bits per heavy atom. The molecule has 1 atom stereocenters. The van der Waals surface area contributed by atoms with Gasteiger partial charge < -0.3 is 15.5 Å². The summed E-state index contributed by atoms with van der Waals surface area (Å²) in [6.07, 6.45) is 1.63. The quantitative estimate of drug-likeness (QED) is 0.717. The molecule has 0 saturated carbocycles. The molecule has 2 aromatic rings. The van der Waals surface area contributed by atoms with E-state index in [2.05, 4.69) is 10.6 Å². The summed E-state index contributed by atoms with van der Waals surface area (Å²) in [5.41, 5.74) is 3.68. The average molecular weight is 473 g/mol. The number of nitrogens with one attached hydrogen (secondary N) is 2. The first kappa shape index (κ1) is 24.7. The van der Waals surface area contributed by atoms with Crippen molar-refractivity contribution in [1.82, 2.24) is 14.5 Å². The Morgan fingerprint density at radius 2 is 1.76 bits per heavy atom. The summed E-state index contributed by atoms with van der Waals surface area (Å²) in [6.45, 7) is 5.18. The van der Waals surface area contributed by atoms with Gasteiger partial charge >= 0.3 is 6.03 Å². The molecule has 1 unspecified atom stereocenters. The van der Waals surface area contributed by atoms with Crippen LogP contribution >= 0.6 is 0 Å². The molecule has 1 aliphatic rings. The van der Waals surface area contributed by atoms with Crippen LogP contribution in [0.5, 0.6) is 0 Å². The van der Waals surface area contributed by atoms with Crippen molar-refractivity contribution in [3.05, 3.63) is 65.2 Å². The zero-order chi connectivity index (χ0) is 24.0. The van der Waals surface area contributed by atoms with E-state index in [0.717, 1.165) is 22.9 Å². The average Bonchev–Trinajstić information content (AvgIpc) is 2.80. The van der Waals surface area contributed by atoms with Crippen LogP contribution in [0.3, 0.4) is 0 Å². The molecule has 0 bridgehead atoms. The highest BCUT2D eigenvalue weighted by Gasteiger charge is 2.30. The molecule has 33 heavy (non-hydrogen) atoms. The summed E-state index contributed by atoms with van der Waals surface area (Å²) >= 11 is 0. The standard InChI is InChI=1S/C24H32N4O4S/c1-18-10-11-21(16-19(18)2)26-24(30)27-13-7-14-28(33(3,31)32)22(17-23(29)25-12-15-27)20-8-5-4-6-9-20/h4-6,8-11,16,22H,7,12-15,17H2,1-3H3,(H,25,29)(H,26,30). The Bertz CT molecular complexity index is 1090. The van der Waals surface area contributed by atoms with Gasteiger partial charge in [-0.05, 0) is 49.1 Å². The summed E-state index contributed by atoms with van der Waals surface area (Å²) in [4.78, 5) is 27.2. The van der Waals surface area contributed by atoms with E-state index < -0.39 is 16.1 Å². The van der Waals surface area contributed by atoms with E-state index in [4.69, 9.17) is 0 Å². The molecule has 0 aliphatic carbocycles. The number of carbonyl (C=O) groups is 2. The molecule has 3 amide bonds. The van der Waals surface area contributed by atoms with Crippen molar-refractivity contribution < 1.29 is 18.0 Å². The maximum atomic E-state index is 12.9. The van der Waals surface area contributed by atoms with Crippen LogP contribution in [0.1, 0.15) is 35.6 Å². The van der Waals surface area contributed by atoms with Gasteiger partial charge in [-0.1, -0.05) is 36.4 Å². The highest BCUT2D eigenvalue weighted by molar-refractivity contribution is 7.88. The Morgan fingerprint density at radius 3 is 2.42 bits per heavy atom. The molecule has 3 rings (SSSR count). The SMILES string of the molecule is Cc1ccc(NC(=O)N2CCCN(S(C)(=O)=O)C(c3ccccc3)CC(=O)NCC2)cc1C. The van der Waals surface area contributed by atoms with Gasteiger partial charge in [0.05, 0.1) is 12.3 Å². The monoisotopic (exact) mass is 472 g/mol. The number of urea groups is 1. The Kier molecular flexibility index (Phi) is 8.10. The molecule has 2 aromatic carbocycles. The second-order valence-electron chi connectivity index (χ2n) is 8.42. The lowest BCUT2D eigenvalue weighted by atomic mass is 10.0. The van der Waals surface area contributed by atoms with Crippen LogP contribution < -0.4 is 10.6 Å². The van der Waals surface area contributed by atoms with Crippen molar-refractivity contribution in [2.75, 3.05) is 37.8 Å². The summed E-state index contributed by atoms with van der Waals surface area (Å²) in [6, 6.07) is 14.0. The van der Waals surface area contributed by atoms with E-state index in [9.17, 15) is 18.0 Å². The van der Waals surface area contributed by atoms with Crippen LogP contribution in [0.4, 0.5) is 10.5 Å². The number of nitrogens with zero attached hydrogens (tertiary/aromatic N) is 2. The molecule has 0 spiro atoms. The Hall–Kier alpha value is -2.91. The lowest BCUT2D eigenvalue weighted by Gasteiger charge is -2.30. The van der Waals surface area contributed by atoms with E-state index in [1.807, 2.05) is 62.4 Å². The van der Waals surface area contributed by atoms with Crippen LogP contribution in [0.25, 0.3) is 0 Å². The van der Waals surface area contributed by atoms with Gasteiger partial charge in [0.2, 0.25) is 15.9 Å². The molecule has 1 fully saturated rings. The van der Waals surface area contributed by atoms with Crippen molar-refractivity contribution in [3.63, 3.8) is 0 Å². The largest absolute Gasteiger partial charge is 0.354 e. The van der Waals surface area contributed by atoms with Crippen LogP contribution in [0.15, 0.2) is 48.5 Å². The van der Waals surface area contributed by atoms with Crippen molar-refractivity contribution in [3.8, 4) is 0 Å².